The van der Waals surface area contributed by atoms with Crippen LogP contribution in [0.25, 0.3) is 0 Å². The van der Waals surface area contributed by atoms with Crippen LogP contribution in [0.5, 0.6) is 0 Å². The van der Waals surface area contributed by atoms with Crippen LogP contribution in [0.3, 0.4) is 0 Å². The molecule has 3 rings (SSSR count). The standard InChI is InChI=1S/C16H20N4O3/c1-11-13(12(2)23-19-11)3-4-16(21)20-7-8-22-15(10-20)14-9-17-5-6-18-14/h5-6,9,15H,3-4,7-8,10H2,1-2H3/t15-/m0/s1. The fourth-order valence-electron chi connectivity index (χ4n) is 2.78. The molecule has 23 heavy (non-hydrogen) atoms. The maximum absolute atomic E-state index is 12.5. The molecule has 1 atom stereocenters. The molecule has 0 spiro atoms. The van der Waals surface area contributed by atoms with Crippen LogP contribution in [-0.2, 0) is 16.0 Å². The van der Waals surface area contributed by atoms with Crippen molar-refractivity contribution in [1.82, 2.24) is 20.0 Å². The molecule has 1 amide bonds. The molecule has 1 aliphatic rings. The van der Waals surface area contributed by atoms with Gasteiger partial charge in [-0.25, -0.2) is 0 Å². The summed E-state index contributed by atoms with van der Waals surface area (Å²) < 4.78 is 10.8. The lowest BCUT2D eigenvalue weighted by Gasteiger charge is -2.32. The fraction of sp³-hybridized carbons (Fsp3) is 0.500. The highest BCUT2D eigenvalue weighted by Gasteiger charge is 2.26. The van der Waals surface area contributed by atoms with Gasteiger partial charge in [0.2, 0.25) is 5.91 Å². The smallest absolute Gasteiger partial charge is 0.223 e. The average Bonchev–Trinajstić information content (AvgIpc) is 2.92. The molecular formula is C16H20N4O3. The van der Waals surface area contributed by atoms with Crippen molar-refractivity contribution in [3.8, 4) is 0 Å². The Hall–Kier alpha value is -2.28. The van der Waals surface area contributed by atoms with E-state index in [0.29, 0.717) is 32.5 Å². The Morgan fingerprint density at radius 2 is 2.26 bits per heavy atom. The summed E-state index contributed by atoms with van der Waals surface area (Å²) in [5.41, 5.74) is 2.64. The second-order valence-corrected chi connectivity index (χ2v) is 5.63. The van der Waals surface area contributed by atoms with Crippen LogP contribution in [0, 0.1) is 13.8 Å². The summed E-state index contributed by atoms with van der Waals surface area (Å²) in [5.74, 6) is 0.900. The van der Waals surface area contributed by atoms with Gasteiger partial charge in [0.1, 0.15) is 11.9 Å². The number of aromatic nitrogens is 3. The van der Waals surface area contributed by atoms with Crippen molar-refractivity contribution in [2.45, 2.75) is 32.8 Å². The molecule has 3 heterocycles. The molecule has 1 fully saturated rings. The van der Waals surface area contributed by atoms with Gasteiger partial charge in [0.25, 0.3) is 0 Å². The number of morpholine rings is 1. The van der Waals surface area contributed by atoms with Gasteiger partial charge in [0.15, 0.2) is 0 Å². The van der Waals surface area contributed by atoms with Crippen molar-refractivity contribution in [3.05, 3.63) is 41.3 Å². The first kappa shape index (κ1) is 15.6. The summed E-state index contributed by atoms with van der Waals surface area (Å²) in [7, 11) is 0. The number of hydrogen-bond donors (Lipinski definition) is 0. The van der Waals surface area contributed by atoms with Crippen LogP contribution < -0.4 is 0 Å². The van der Waals surface area contributed by atoms with Gasteiger partial charge >= 0.3 is 0 Å². The molecule has 7 heteroatoms. The predicted octanol–water partition coefficient (Wildman–Crippen LogP) is 1.61. The van der Waals surface area contributed by atoms with Crippen molar-refractivity contribution in [1.29, 1.82) is 0 Å². The first-order chi connectivity index (χ1) is 11.1. The van der Waals surface area contributed by atoms with Gasteiger partial charge in [-0.3, -0.25) is 14.8 Å². The highest BCUT2D eigenvalue weighted by atomic mass is 16.5. The van der Waals surface area contributed by atoms with Gasteiger partial charge in [-0.2, -0.15) is 0 Å². The number of carbonyl (C=O) groups excluding carboxylic acids is 1. The number of rotatable bonds is 4. The van der Waals surface area contributed by atoms with E-state index in [2.05, 4.69) is 15.1 Å². The molecule has 7 nitrogen and oxygen atoms in total. The summed E-state index contributed by atoms with van der Waals surface area (Å²) in [5, 5.41) is 3.92. The van der Waals surface area contributed by atoms with E-state index in [1.807, 2.05) is 18.7 Å². The molecule has 0 radical (unpaired) electrons. The van der Waals surface area contributed by atoms with Crippen LogP contribution in [-0.4, -0.2) is 45.6 Å². The zero-order chi connectivity index (χ0) is 16.2. The molecule has 0 N–H and O–H groups in total. The van der Waals surface area contributed by atoms with Gasteiger partial charge in [0.05, 0.1) is 30.7 Å². The van der Waals surface area contributed by atoms with Crippen LogP contribution in [0.1, 0.15) is 35.2 Å². The lowest BCUT2D eigenvalue weighted by atomic mass is 10.1. The second kappa shape index (κ2) is 6.87. The van der Waals surface area contributed by atoms with E-state index < -0.39 is 0 Å². The Morgan fingerprint density at radius 1 is 1.39 bits per heavy atom. The Morgan fingerprint density at radius 3 is 2.96 bits per heavy atom. The minimum Gasteiger partial charge on any atom is -0.368 e. The largest absolute Gasteiger partial charge is 0.368 e. The Labute approximate surface area is 134 Å². The third-order valence-corrected chi connectivity index (χ3v) is 4.10. The van der Waals surface area contributed by atoms with Gasteiger partial charge in [0, 0.05) is 30.9 Å². The lowest BCUT2D eigenvalue weighted by molar-refractivity contribution is -0.139. The van der Waals surface area contributed by atoms with E-state index >= 15 is 0 Å². The molecule has 122 valence electrons. The number of nitrogens with zero attached hydrogens (tertiary/aromatic N) is 4. The van der Waals surface area contributed by atoms with Gasteiger partial charge < -0.3 is 14.2 Å². The van der Waals surface area contributed by atoms with Gasteiger partial charge in [-0.1, -0.05) is 5.16 Å². The number of ether oxygens (including phenoxy) is 1. The molecule has 0 unspecified atom stereocenters. The summed E-state index contributed by atoms with van der Waals surface area (Å²) in [4.78, 5) is 22.6. The minimum atomic E-state index is -0.208. The molecular weight excluding hydrogens is 296 g/mol. The molecule has 2 aromatic heterocycles. The molecule has 2 aromatic rings. The third-order valence-electron chi connectivity index (χ3n) is 4.10. The Balaban J connectivity index is 1.59. The van der Waals surface area contributed by atoms with Crippen molar-refractivity contribution in [3.63, 3.8) is 0 Å². The van der Waals surface area contributed by atoms with E-state index in [0.717, 1.165) is 22.7 Å². The number of hydrogen-bond acceptors (Lipinski definition) is 6. The van der Waals surface area contributed by atoms with Gasteiger partial charge in [-0.05, 0) is 20.3 Å². The van der Waals surface area contributed by atoms with E-state index in [1.165, 1.54) is 0 Å². The monoisotopic (exact) mass is 316 g/mol. The van der Waals surface area contributed by atoms with Crippen molar-refractivity contribution >= 4 is 5.91 Å². The summed E-state index contributed by atoms with van der Waals surface area (Å²) in [6.07, 6.45) is 5.82. The Kier molecular flexibility index (Phi) is 4.66. The molecule has 0 bridgehead atoms. The molecule has 0 aliphatic carbocycles. The molecule has 0 saturated carbocycles. The number of aryl methyl sites for hydroxylation is 2. The van der Waals surface area contributed by atoms with E-state index in [-0.39, 0.29) is 12.0 Å². The normalized spacial score (nSPS) is 18.2. The number of amides is 1. The quantitative estimate of drug-likeness (QED) is 0.852. The number of carbonyl (C=O) groups is 1. The SMILES string of the molecule is Cc1noc(C)c1CCC(=O)N1CCO[C@H](c2cnccn2)C1. The average molecular weight is 316 g/mol. The van der Waals surface area contributed by atoms with Crippen LogP contribution in [0.15, 0.2) is 23.1 Å². The van der Waals surface area contributed by atoms with Gasteiger partial charge in [-0.15, -0.1) is 0 Å². The van der Waals surface area contributed by atoms with E-state index in [1.54, 1.807) is 18.6 Å². The van der Waals surface area contributed by atoms with Crippen LogP contribution >= 0.6 is 0 Å². The van der Waals surface area contributed by atoms with E-state index in [9.17, 15) is 4.79 Å². The maximum Gasteiger partial charge on any atom is 0.223 e. The summed E-state index contributed by atoms with van der Waals surface area (Å²) >= 11 is 0. The van der Waals surface area contributed by atoms with Crippen molar-refractivity contribution < 1.29 is 14.1 Å². The van der Waals surface area contributed by atoms with Crippen molar-refractivity contribution in [2.24, 2.45) is 0 Å². The summed E-state index contributed by atoms with van der Waals surface area (Å²) in [6.45, 7) is 5.41. The first-order valence-electron chi connectivity index (χ1n) is 7.72. The predicted molar refractivity (Wildman–Crippen MR) is 81.6 cm³/mol. The highest BCUT2D eigenvalue weighted by molar-refractivity contribution is 5.76. The van der Waals surface area contributed by atoms with E-state index in [4.69, 9.17) is 9.26 Å². The van der Waals surface area contributed by atoms with Crippen molar-refractivity contribution in [2.75, 3.05) is 19.7 Å². The minimum absolute atomic E-state index is 0.113. The third kappa shape index (κ3) is 3.56. The first-order valence-corrected chi connectivity index (χ1v) is 7.72. The zero-order valence-electron chi connectivity index (χ0n) is 13.4. The molecule has 1 aliphatic heterocycles. The fourth-order valence-corrected chi connectivity index (χ4v) is 2.78. The summed E-state index contributed by atoms with van der Waals surface area (Å²) in [6, 6.07) is 0. The highest BCUT2D eigenvalue weighted by Crippen LogP contribution is 2.21. The molecule has 0 aromatic carbocycles. The Bertz CT molecular complexity index is 652. The zero-order valence-corrected chi connectivity index (χ0v) is 13.4. The lowest BCUT2D eigenvalue weighted by Crippen LogP contribution is -2.42. The second-order valence-electron chi connectivity index (χ2n) is 5.63. The molecule has 1 saturated heterocycles. The van der Waals surface area contributed by atoms with Crippen LogP contribution in [0.4, 0.5) is 0 Å². The van der Waals surface area contributed by atoms with Crippen LogP contribution in [0.2, 0.25) is 0 Å². The topological polar surface area (TPSA) is 81.4 Å². The maximum atomic E-state index is 12.5.